The number of benzene rings is 2. The average Bonchev–Trinajstić information content (AvgIpc) is 2.45. The molecule has 0 spiro atoms. The highest BCUT2D eigenvalue weighted by Crippen LogP contribution is 2.18. The molecule has 21 heavy (non-hydrogen) atoms. The van der Waals surface area contributed by atoms with Crippen molar-refractivity contribution in [1.29, 1.82) is 0 Å². The second-order valence-corrected chi connectivity index (χ2v) is 4.87. The van der Waals surface area contributed by atoms with Crippen LogP contribution >= 0.6 is 0 Å². The highest BCUT2D eigenvalue weighted by Gasteiger charge is 2.13. The van der Waals surface area contributed by atoms with Gasteiger partial charge in [0.1, 0.15) is 0 Å². The number of aryl methyl sites for hydroxylation is 2. The Morgan fingerprint density at radius 1 is 1.14 bits per heavy atom. The lowest BCUT2D eigenvalue weighted by Crippen LogP contribution is -2.23. The van der Waals surface area contributed by atoms with E-state index in [1.165, 1.54) is 18.2 Å². The maximum Gasteiger partial charge on any atom is 0.272 e. The fraction of sp³-hybridized carbons (Fsp3) is 0.188. The summed E-state index contributed by atoms with van der Waals surface area (Å²) in [6.45, 7) is 4.04. The van der Waals surface area contributed by atoms with Gasteiger partial charge in [-0.1, -0.05) is 24.3 Å². The fourth-order valence-corrected chi connectivity index (χ4v) is 2.09. The first-order chi connectivity index (χ1) is 9.99. The second kappa shape index (κ2) is 6.17. The van der Waals surface area contributed by atoms with Gasteiger partial charge < -0.3 is 5.32 Å². The molecule has 0 radical (unpaired) electrons. The van der Waals surface area contributed by atoms with Crippen LogP contribution < -0.4 is 5.32 Å². The second-order valence-electron chi connectivity index (χ2n) is 4.87. The Kier molecular flexibility index (Phi) is 4.33. The first kappa shape index (κ1) is 14.7. The molecule has 0 bridgehead atoms. The number of nitrogens with zero attached hydrogens (tertiary/aromatic N) is 1. The van der Waals surface area contributed by atoms with Crippen LogP contribution in [0.15, 0.2) is 42.5 Å². The Hall–Kier alpha value is -2.69. The molecule has 1 amide bonds. The predicted molar refractivity (Wildman–Crippen MR) is 80.2 cm³/mol. The molecule has 5 nitrogen and oxygen atoms in total. The quantitative estimate of drug-likeness (QED) is 0.692. The number of nitro groups is 1. The third-order valence-electron chi connectivity index (χ3n) is 3.36. The summed E-state index contributed by atoms with van der Waals surface area (Å²) in [5.41, 5.74) is 3.07. The molecular formula is C16H16N2O3. The smallest absolute Gasteiger partial charge is 0.272 e. The Morgan fingerprint density at radius 3 is 2.48 bits per heavy atom. The fourth-order valence-electron chi connectivity index (χ4n) is 2.09. The van der Waals surface area contributed by atoms with Gasteiger partial charge in [0.2, 0.25) is 0 Å². The highest BCUT2D eigenvalue weighted by atomic mass is 16.6. The summed E-state index contributed by atoms with van der Waals surface area (Å²) in [4.78, 5) is 22.4. The zero-order valence-corrected chi connectivity index (χ0v) is 11.9. The van der Waals surface area contributed by atoms with Crippen LogP contribution in [0.3, 0.4) is 0 Å². The van der Waals surface area contributed by atoms with Gasteiger partial charge in [0, 0.05) is 23.7 Å². The minimum absolute atomic E-state index is 0.0189. The van der Waals surface area contributed by atoms with E-state index in [-0.39, 0.29) is 11.6 Å². The molecule has 0 saturated carbocycles. The number of carbonyl (C=O) groups excluding carboxylic acids is 1. The van der Waals surface area contributed by atoms with Gasteiger partial charge in [-0.15, -0.1) is 0 Å². The first-order valence-electron chi connectivity index (χ1n) is 6.57. The molecule has 0 fully saturated rings. The number of hydrogen-bond donors (Lipinski definition) is 1. The number of nitrogens with one attached hydrogen (secondary N) is 1. The number of carbonyl (C=O) groups is 1. The van der Waals surface area contributed by atoms with Gasteiger partial charge in [-0.2, -0.15) is 0 Å². The van der Waals surface area contributed by atoms with Crippen molar-refractivity contribution in [1.82, 2.24) is 5.32 Å². The maximum atomic E-state index is 12.1. The van der Waals surface area contributed by atoms with Crippen molar-refractivity contribution in [2.75, 3.05) is 0 Å². The van der Waals surface area contributed by atoms with E-state index in [9.17, 15) is 14.9 Å². The van der Waals surface area contributed by atoms with Crippen LogP contribution in [0, 0.1) is 24.0 Å². The summed E-state index contributed by atoms with van der Waals surface area (Å²) in [6.07, 6.45) is 0. The zero-order chi connectivity index (χ0) is 15.4. The zero-order valence-electron chi connectivity index (χ0n) is 11.9. The summed E-state index contributed by atoms with van der Waals surface area (Å²) in [6, 6.07) is 12.2. The van der Waals surface area contributed by atoms with Crippen LogP contribution in [-0.4, -0.2) is 10.8 Å². The van der Waals surface area contributed by atoms with Gasteiger partial charge in [0.25, 0.3) is 11.6 Å². The Bertz CT molecular complexity index is 696. The van der Waals surface area contributed by atoms with Crippen LogP contribution in [0.5, 0.6) is 0 Å². The molecule has 2 aromatic carbocycles. The number of amides is 1. The van der Waals surface area contributed by atoms with Gasteiger partial charge in [-0.25, -0.2) is 0 Å². The van der Waals surface area contributed by atoms with Gasteiger partial charge in [-0.3, -0.25) is 14.9 Å². The third-order valence-corrected chi connectivity index (χ3v) is 3.36. The van der Waals surface area contributed by atoms with Crippen molar-refractivity contribution < 1.29 is 9.72 Å². The van der Waals surface area contributed by atoms with Gasteiger partial charge in [-0.05, 0) is 37.1 Å². The summed E-state index contributed by atoms with van der Waals surface area (Å²) in [5.74, 6) is -0.240. The van der Waals surface area contributed by atoms with E-state index in [1.54, 1.807) is 6.92 Å². The minimum Gasteiger partial charge on any atom is -0.348 e. The minimum atomic E-state index is -0.454. The van der Waals surface area contributed by atoms with E-state index in [0.29, 0.717) is 17.7 Å². The van der Waals surface area contributed by atoms with Crippen molar-refractivity contribution in [2.45, 2.75) is 20.4 Å². The van der Waals surface area contributed by atoms with Crippen molar-refractivity contribution >= 4 is 11.6 Å². The lowest BCUT2D eigenvalue weighted by atomic mass is 10.1. The van der Waals surface area contributed by atoms with Crippen LogP contribution in [0.25, 0.3) is 0 Å². The van der Waals surface area contributed by atoms with Gasteiger partial charge in [0.05, 0.1) is 4.92 Å². The molecule has 0 unspecified atom stereocenters. The van der Waals surface area contributed by atoms with E-state index < -0.39 is 4.92 Å². The topological polar surface area (TPSA) is 72.2 Å². The molecule has 0 aliphatic heterocycles. The maximum absolute atomic E-state index is 12.1. The van der Waals surface area contributed by atoms with Crippen molar-refractivity contribution in [3.8, 4) is 0 Å². The van der Waals surface area contributed by atoms with E-state index >= 15 is 0 Å². The molecule has 0 aliphatic carbocycles. The van der Waals surface area contributed by atoms with Crippen molar-refractivity contribution in [3.05, 3.63) is 74.8 Å². The predicted octanol–water partition coefficient (Wildman–Crippen LogP) is 3.14. The molecule has 0 aromatic heterocycles. The number of nitro benzene ring substituents is 1. The Labute approximate surface area is 122 Å². The number of rotatable bonds is 4. The monoisotopic (exact) mass is 284 g/mol. The molecule has 1 N–H and O–H groups in total. The molecule has 0 aliphatic rings. The molecular weight excluding hydrogens is 268 g/mol. The van der Waals surface area contributed by atoms with Crippen LogP contribution in [0.4, 0.5) is 5.69 Å². The van der Waals surface area contributed by atoms with Crippen molar-refractivity contribution in [3.63, 3.8) is 0 Å². The van der Waals surface area contributed by atoms with Crippen molar-refractivity contribution in [2.24, 2.45) is 0 Å². The molecule has 2 aromatic rings. The van der Waals surface area contributed by atoms with Gasteiger partial charge in [0.15, 0.2) is 0 Å². The Morgan fingerprint density at radius 2 is 1.86 bits per heavy atom. The first-order valence-corrected chi connectivity index (χ1v) is 6.57. The summed E-state index contributed by atoms with van der Waals surface area (Å²) in [5, 5.41) is 13.6. The SMILES string of the molecule is Cc1ccccc1CNC(=O)c1ccc([N+](=O)[O-])c(C)c1. The summed E-state index contributed by atoms with van der Waals surface area (Å²) in [7, 11) is 0. The van der Waals surface area contributed by atoms with Crippen LogP contribution in [0.1, 0.15) is 27.0 Å². The van der Waals surface area contributed by atoms with Gasteiger partial charge >= 0.3 is 0 Å². The average molecular weight is 284 g/mol. The number of hydrogen-bond acceptors (Lipinski definition) is 3. The van der Waals surface area contributed by atoms with E-state index in [4.69, 9.17) is 0 Å². The van der Waals surface area contributed by atoms with E-state index in [2.05, 4.69) is 5.32 Å². The lowest BCUT2D eigenvalue weighted by Gasteiger charge is -2.08. The summed E-state index contributed by atoms with van der Waals surface area (Å²) < 4.78 is 0. The largest absolute Gasteiger partial charge is 0.348 e. The highest BCUT2D eigenvalue weighted by molar-refractivity contribution is 5.94. The van der Waals surface area contributed by atoms with E-state index in [0.717, 1.165) is 11.1 Å². The molecule has 0 atom stereocenters. The van der Waals surface area contributed by atoms with E-state index in [1.807, 2.05) is 31.2 Å². The summed E-state index contributed by atoms with van der Waals surface area (Å²) >= 11 is 0. The lowest BCUT2D eigenvalue weighted by molar-refractivity contribution is -0.385. The Balaban J connectivity index is 2.09. The third kappa shape index (κ3) is 3.45. The van der Waals surface area contributed by atoms with Crippen LogP contribution in [0.2, 0.25) is 0 Å². The standard InChI is InChI=1S/C16H16N2O3/c1-11-5-3-4-6-14(11)10-17-16(19)13-7-8-15(18(20)21)12(2)9-13/h3-9H,10H2,1-2H3,(H,17,19). The van der Waals surface area contributed by atoms with Crippen LogP contribution in [-0.2, 0) is 6.54 Å². The normalized spacial score (nSPS) is 10.2. The molecule has 0 saturated heterocycles. The molecule has 2 rings (SSSR count). The molecule has 108 valence electrons. The molecule has 0 heterocycles. The molecule has 5 heteroatoms.